The quantitative estimate of drug-likeness (QED) is 0.808. The third-order valence-corrected chi connectivity index (χ3v) is 3.57. The number of ether oxygens (including phenoxy) is 1. The van der Waals surface area contributed by atoms with E-state index in [2.05, 4.69) is 5.32 Å². The van der Waals surface area contributed by atoms with Gasteiger partial charge in [0, 0.05) is 38.2 Å². The van der Waals surface area contributed by atoms with Gasteiger partial charge in [0.05, 0.1) is 5.69 Å². The fourth-order valence-electron chi connectivity index (χ4n) is 2.30. The predicted octanol–water partition coefficient (Wildman–Crippen LogP) is 1.49. The molecule has 1 fully saturated rings. The first-order valence-corrected chi connectivity index (χ1v) is 7.28. The van der Waals surface area contributed by atoms with Crippen molar-refractivity contribution in [1.29, 1.82) is 0 Å². The first-order chi connectivity index (χ1) is 10.5. The third kappa shape index (κ3) is 3.71. The second-order valence-electron chi connectivity index (χ2n) is 5.33. The van der Waals surface area contributed by atoms with Crippen molar-refractivity contribution in [3.8, 4) is 0 Å². The van der Waals surface area contributed by atoms with Crippen LogP contribution in [0.3, 0.4) is 0 Å². The van der Waals surface area contributed by atoms with Crippen LogP contribution in [-0.2, 0) is 14.3 Å². The highest BCUT2D eigenvalue weighted by Crippen LogP contribution is 2.22. The summed E-state index contributed by atoms with van der Waals surface area (Å²) in [6, 6.07) is 6.49. The summed E-state index contributed by atoms with van der Waals surface area (Å²) in [5.74, 6) is -0.583. The Labute approximate surface area is 129 Å². The molecule has 1 aromatic carbocycles. The molecule has 1 saturated heterocycles. The van der Waals surface area contributed by atoms with Crippen LogP contribution in [0.5, 0.6) is 0 Å². The fourth-order valence-corrected chi connectivity index (χ4v) is 2.30. The summed E-state index contributed by atoms with van der Waals surface area (Å²) >= 11 is 0. The van der Waals surface area contributed by atoms with E-state index in [1.165, 1.54) is 4.90 Å². The number of benzene rings is 1. The number of nitrogens with one attached hydrogen (secondary N) is 1. The minimum atomic E-state index is -0.199. The van der Waals surface area contributed by atoms with Gasteiger partial charge in [0.25, 0.3) is 5.91 Å². The molecular weight excluding hydrogens is 284 g/mol. The average molecular weight is 304 g/mol. The smallest absolute Gasteiger partial charge is 0.251 e. The highest BCUT2D eigenvalue weighted by atomic mass is 16.5. The summed E-state index contributed by atoms with van der Waals surface area (Å²) < 4.78 is 4.97. The van der Waals surface area contributed by atoms with Gasteiger partial charge >= 0.3 is 0 Å². The monoisotopic (exact) mass is 304 g/mol. The molecule has 22 heavy (non-hydrogen) atoms. The fraction of sp³-hybridized carbons (Fsp3) is 0.438. The zero-order chi connectivity index (χ0) is 16.1. The first-order valence-electron chi connectivity index (χ1n) is 7.28. The number of amides is 3. The highest BCUT2D eigenvalue weighted by molar-refractivity contribution is 6.19. The normalized spacial score (nSPS) is 16.0. The van der Waals surface area contributed by atoms with E-state index in [1.54, 1.807) is 31.4 Å². The lowest BCUT2D eigenvalue weighted by Crippen LogP contribution is -2.33. The highest BCUT2D eigenvalue weighted by Gasteiger charge is 2.30. The molecule has 0 unspecified atom stereocenters. The molecule has 118 valence electrons. The molecule has 1 aliphatic rings. The Kier molecular flexibility index (Phi) is 5.27. The number of imide groups is 1. The van der Waals surface area contributed by atoms with Crippen molar-refractivity contribution in [2.75, 3.05) is 18.6 Å². The van der Waals surface area contributed by atoms with E-state index in [1.807, 2.05) is 6.92 Å². The molecule has 0 aromatic heterocycles. The van der Waals surface area contributed by atoms with Crippen LogP contribution < -0.4 is 10.2 Å². The molecule has 6 heteroatoms. The van der Waals surface area contributed by atoms with Crippen molar-refractivity contribution in [2.45, 2.75) is 32.2 Å². The molecule has 0 bridgehead atoms. The van der Waals surface area contributed by atoms with Crippen LogP contribution in [0.25, 0.3) is 0 Å². The minimum Gasteiger partial charge on any atom is -0.385 e. The van der Waals surface area contributed by atoms with Crippen LogP contribution in [0.1, 0.15) is 36.5 Å². The van der Waals surface area contributed by atoms with Crippen LogP contribution in [0.4, 0.5) is 5.69 Å². The standard InChI is InChI=1S/C16H20N2O4/c1-11(9-10-22-2)17-16(21)12-3-5-13(6-4-12)18-14(19)7-8-15(18)20/h3-6,11H,7-10H2,1-2H3,(H,17,21)/t11-/m1/s1. The Morgan fingerprint density at radius 2 is 1.82 bits per heavy atom. The lowest BCUT2D eigenvalue weighted by atomic mass is 10.1. The van der Waals surface area contributed by atoms with E-state index in [0.717, 1.165) is 6.42 Å². The van der Waals surface area contributed by atoms with Crippen molar-refractivity contribution in [1.82, 2.24) is 5.32 Å². The molecule has 0 spiro atoms. The molecular formula is C16H20N2O4. The second kappa shape index (κ2) is 7.17. The first kappa shape index (κ1) is 16.2. The number of carbonyl (C=O) groups is 3. The van der Waals surface area contributed by atoms with Gasteiger partial charge in [-0.05, 0) is 37.6 Å². The van der Waals surface area contributed by atoms with E-state index in [9.17, 15) is 14.4 Å². The molecule has 0 aliphatic carbocycles. The van der Waals surface area contributed by atoms with Gasteiger partial charge in [-0.2, -0.15) is 0 Å². The minimum absolute atomic E-state index is 0.00821. The lowest BCUT2D eigenvalue weighted by Gasteiger charge is -2.15. The van der Waals surface area contributed by atoms with Gasteiger partial charge < -0.3 is 10.1 Å². The van der Waals surface area contributed by atoms with E-state index in [-0.39, 0.29) is 36.6 Å². The zero-order valence-electron chi connectivity index (χ0n) is 12.8. The molecule has 2 rings (SSSR count). The number of nitrogens with zero attached hydrogens (tertiary/aromatic N) is 1. The average Bonchev–Trinajstić information content (AvgIpc) is 2.84. The largest absolute Gasteiger partial charge is 0.385 e. The van der Waals surface area contributed by atoms with Gasteiger partial charge in [-0.3, -0.25) is 19.3 Å². The summed E-state index contributed by atoms with van der Waals surface area (Å²) in [5, 5.41) is 2.87. The number of rotatable bonds is 6. The van der Waals surface area contributed by atoms with Crippen LogP contribution in [0.2, 0.25) is 0 Å². The summed E-state index contributed by atoms with van der Waals surface area (Å²) in [4.78, 5) is 36.6. The van der Waals surface area contributed by atoms with Gasteiger partial charge in [-0.25, -0.2) is 0 Å². The summed E-state index contributed by atoms with van der Waals surface area (Å²) in [6.07, 6.45) is 1.23. The molecule has 1 aromatic rings. The van der Waals surface area contributed by atoms with Crippen molar-refractivity contribution in [3.05, 3.63) is 29.8 Å². The maximum absolute atomic E-state index is 12.1. The Balaban J connectivity index is 2.01. The maximum Gasteiger partial charge on any atom is 0.251 e. The topological polar surface area (TPSA) is 75.7 Å². The van der Waals surface area contributed by atoms with E-state index in [0.29, 0.717) is 17.9 Å². The van der Waals surface area contributed by atoms with Crippen LogP contribution in [0.15, 0.2) is 24.3 Å². The van der Waals surface area contributed by atoms with E-state index < -0.39 is 0 Å². The Morgan fingerprint density at radius 3 is 2.36 bits per heavy atom. The SMILES string of the molecule is COCC[C@@H](C)NC(=O)c1ccc(N2C(=O)CCC2=O)cc1. The number of hydrogen-bond donors (Lipinski definition) is 1. The molecule has 1 heterocycles. The van der Waals surface area contributed by atoms with Crippen LogP contribution >= 0.6 is 0 Å². The van der Waals surface area contributed by atoms with Crippen molar-refractivity contribution in [2.24, 2.45) is 0 Å². The molecule has 6 nitrogen and oxygen atoms in total. The van der Waals surface area contributed by atoms with Crippen LogP contribution in [0, 0.1) is 0 Å². The van der Waals surface area contributed by atoms with Crippen molar-refractivity contribution in [3.63, 3.8) is 0 Å². The molecule has 0 radical (unpaired) electrons. The molecule has 1 N–H and O–H groups in total. The van der Waals surface area contributed by atoms with Gasteiger partial charge in [-0.1, -0.05) is 0 Å². The third-order valence-electron chi connectivity index (χ3n) is 3.57. The predicted molar refractivity (Wildman–Crippen MR) is 81.6 cm³/mol. The van der Waals surface area contributed by atoms with Gasteiger partial charge in [0.15, 0.2) is 0 Å². The molecule has 1 aliphatic heterocycles. The Bertz CT molecular complexity index is 552. The second-order valence-corrected chi connectivity index (χ2v) is 5.33. The number of hydrogen-bond acceptors (Lipinski definition) is 4. The number of methoxy groups -OCH3 is 1. The number of carbonyl (C=O) groups excluding carboxylic acids is 3. The summed E-state index contributed by atoms with van der Waals surface area (Å²) in [6.45, 7) is 2.49. The summed E-state index contributed by atoms with van der Waals surface area (Å²) in [7, 11) is 1.62. The zero-order valence-corrected chi connectivity index (χ0v) is 12.8. The van der Waals surface area contributed by atoms with Gasteiger partial charge in [0.2, 0.25) is 11.8 Å². The van der Waals surface area contributed by atoms with Crippen molar-refractivity contribution >= 4 is 23.4 Å². The molecule has 0 saturated carbocycles. The maximum atomic E-state index is 12.1. The van der Waals surface area contributed by atoms with Gasteiger partial charge in [-0.15, -0.1) is 0 Å². The molecule has 1 atom stereocenters. The Morgan fingerprint density at radius 1 is 1.23 bits per heavy atom. The Hall–Kier alpha value is -2.21. The van der Waals surface area contributed by atoms with Crippen molar-refractivity contribution < 1.29 is 19.1 Å². The van der Waals surface area contributed by atoms with E-state index >= 15 is 0 Å². The van der Waals surface area contributed by atoms with E-state index in [4.69, 9.17) is 4.74 Å². The molecule has 3 amide bonds. The lowest BCUT2D eigenvalue weighted by molar-refractivity contribution is -0.121. The van der Waals surface area contributed by atoms with Crippen LogP contribution in [-0.4, -0.2) is 37.5 Å². The number of anilines is 1. The summed E-state index contributed by atoms with van der Waals surface area (Å²) in [5.41, 5.74) is 1.00. The van der Waals surface area contributed by atoms with Gasteiger partial charge in [0.1, 0.15) is 0 Å².